The minimum Gasteiger partial charge on any atom is -0.364 e. The van der Waals surface area contributed by atoms with E-state index in [1.54, 1.807) is 0 Å². The summed E-state index contributed by atoms with van der Waals surface area (Å²) in [5, 5.41) is 6.59. The van der Waals surface area contributed by atoms with E-state index in [9.17, 15) is 9.59 Å². The van der Waals surface area contributed by atoms with E-state index < -0.39 is 12.1 Å². The Hall–Kier alpha value is -2.30. The second-order valence-electron chi connectivity index (χ2n) is 8.83. The molecule has 5 atom stereocenters. The van der Waals surface area contributed by atoms with Gasteiger partial charge in [0, 0.05) is 11.1 Å². The molecule has 0 aliphatic carbocycles. The monoisotopic (exact) mass is 367 g/mol. The van der Waals surface area contributed by atoms with E-state index in [-0.39, 0.29) is 34.7 Å². The number of carbonyl (C=O) groups excluding carboxylic acids is 2. The highest BCUT2D eigenvalue weighted by molar-refractivity contribution is 5.99. The second-order valence-corrected chi connectivity index (χ2v) is 8.83. The van der Waals surface area contributed by atoms with Gasteiger partial charge in [0.25, 0.3) is 0 Å². The van der Waals surface area contributed by atoms with Crippen LogP contribution in [0.5, 0.6) is 0 Å². The van der Waals surface area contributed by atoms with Gasteiger partial charge < -0.3 is 15.5 Å². The number of anilines is 1. The van der Waals surface area contributed by atoms with Crippen molar-refractivity contribution in [2.45, 2.75) is 64.2 Å². The smallest absolute Gasteiger partial charge is 0.247 e. The molecule has 5 heteroatoms. The summed E-state index contributed by atoms with van der Waals surface area (Å²) in [7, 11) is 0. The highest BCUT2D eigenvalue weighted by Crippen LogP contribution is 2.60. The van der Waals surface area contributed by atoms with E-state index >= 15 is 0 Å². The molecule has 3 heterocycles. The Morgan fingerprint density at radius 3 is 2.70 bits per heavy atom. The Morgan fingerprint density at radius 2 is 2.04 bits per heavy atom. The highest BCUT2D eigenvalue weighted by atomic mass is 16.2. The van der Waals surface area contributed by atoms with Gasteiger partial charge in [0.05, 0.1) is 0 Å². The number of hydrogen-bond acceptors (Lipinski definition) is 3. The van der Waals surface area contributed by atoms with Crippen molar-refractivity contribution in [3.05, 3.63) is 42.5 Å². The lowest BCUT2D eigenvalue weighted by molar-refractivity contribution is -0.150. The molecule has 0 aromatic heterocycles. The van der Waals surface area contributed by atoms with Crippen molar-refractivity contribution in [1.29, 1.82) is 0 Å². The summed E-state index contributed by atoms with van der Waals surface area (Å²) in [6.45, 7) is 12.5. The van der Waals surface area contributed by atoms with Gasteiger partial charge in [0.15, 0.2) is 0 Å². The third-order valence-corrected chi connectivity index (χ3v) is 7.29. The average molecular weight is 367 g/mol. The van der Waals surface area contributed by atoms with Gasteiger partial charge in [0.2, 0.25) is 11.8 Å². The van der Waals surface area contributed by atoms with Gasteiger partial charge in [-0.05, 0) is 29.4 Å². The van der Waals surface area contributed by atoms with Gasteiger partial charge in [0.1, 0.15) is 18.2 Å². The molecule has 4 rings (SSSR count). The zero-order valence-corrected chi connectivity index (χ0v) is 16.6. The lowest BCUT2D eigenvalue weighted by atomic mass is 9.60. The van der Waals surface area contributed by atoms with E-state index in [1.807, 2.05) is 30.0 Å². The van der Waals surface area contributed by atoms with Crippen LogP contribution in [0.15, 0.2) is 36.9 Å². The minimum absolute atomic E-state index is 0.0287. The Bertz CT molecular complexity index is 818. The number of allylic oxidation sites excluding steroid dienone is 1. The molecule has 5 unspecified atom stereocenters. The van der Waals surface area contributed by atoms with Gasteiger partial charge in [-0.3, -0.25) is 9.59 Å². The minimum atomic E-state index is -0.452. The molecule has 2 fully saturated rings. The molecule has 1 aromatic carbocycles. The van der Waals surface area contributed by atoms with Crippen LogP contribution in [0.25, 0.3) is 0 Å². The fourth-order valence-corrected chi connectivity index (χ4v) is 5.27. The molecule has 0 spiro atoms. The number of amides is 2. The molecular weight excluding hydrogens is 338 g/mol. The van der Waals surface area contributed by atoms with Crippen LogP contribution in [-0.2, 0) is 15.0 Å². The van der Waals surface area contributed by atoms with Crippen molar-refractivity contribution in [2.24, 2.45) is 11.3 Å². The summed E-state index contributed by atoms with van der Waals surface area (Å²) in [5.74, 6) is 0.0994. The van der Waals surface area contributed by atoms with E-state index in [2.05, 4.69) is 50.1 Å². The summed E-state index contributed by atoms with van der Waals surface area (Å²) in [6, 6.07) is 7.33. The summed E-state index contributed by atoms with van der Waals surface area (Å²) in [5.41, 5.74) is 1.55. The number of nitrogens with one attached hydrogen (secondary N) is 2. The Kier molecular flexibility index (Phi) is 3.92. The maximum absolute atomic E-state index is 13.4. The van der Waals surface area contributed by atoms with E-state index in [0.717, 1.165) is 12.1 Å². The summed E-state index contributed by atoms with van der Waals surface area (Å²) >= 11 is 0. The van der Waals surface area contributed by atoms with Crippen molar-refractivity contribution in [2.75, 3.05) is 5.32 Å². The number of nitrogens with zero attached hydrogens (tertiary/aromatic N) is 1. The second kappa shape index (κ2) is 5.85. The number of rotatable bonds is 4. The van der Waals surface area contributed by atoms with E-state index in [0.29, 0.717) is 6.42 Å². The first-order chi connectivity index (χ1) is 12.8. The van der Waals surface area contributed by atoms with Crippen LogP contribution in [0.2, 0.25) is 0 Å². The first-order valence-corrected chi connectivity index (χ1v) is 9.90. The number of fused-ring (bicyclic) bond motifs is 5. The lowest BCUT2D eigenvalue weighted by Crippen LogP contribution is -2.65. The Balaban J connectivity index is 1.86. The molecule has 2 N–H and O–H groups in total. The lowest BCUT2D eigenvalue weighted by Gasteiger charge is -2.44. The molecule has 3 aliphatic rings. The number of para-hydroxylation sites is 1. The third kappa shape index (κ3) is 2.17. The first-order valence-electron chi connectivity index (χ1n) is 9.90. The number of hydrogen-bond donors (Lipinski definition) is 2. The van der Waals surface area contributed by atoms with Gasteiger partial charge in [-0.2, -0.15) is 0 Å². The number of carbonyl (C=O) groups is 2. The quantitative estimate of drug-likeness (QED) is 0.804. The fourth-order valence-electron chi connectivity index (χ4n) is 5.27. The van der Waals surface area contributed by atoms with Gasteiger partial charge >= 0.3 is 0 Å². The first kappa shape index (κ1) is 18.1. The fraction of sp³-hybridized carbons (Fsp3) is 0.545. The largest absolute Gasteiger partial charge is 0.364 e. The number of piperazine rings is 1. The van der Waals surface area contributed by atoms with Crippen molar-refractivity contribution in [3.8, 4) is 0 Å². The van der Waals surface area contributed by atoms with Crippen LogP contribution >= 0.6 is 0 Å². The Labute approximate surface area is 161 Å². The van der Waals surface area contributed by atoms with Crippen LogP contribution in [0.3, 0.4) is 0 Å². The number of benzene rings is 1. The maximum atomic E-state index is 13.4. The molecular formula is C22H29N3O2. The average Bonchev–Trinajstić information content (AvgIpc) is 3.17. The third-order valence-electron chi connectivity index (χ3n) is 7.29. The van der Waals surface area contributed by atoms with Crippen LogP contribution < -0.4 is 10.6 Å². The SMILES string of the molecule is C=CC(C)(C)C12CC3C(=O)NC(C(C)CC)C(=O)N3C1Nc1ccccc12. The Morgan fingerprint density at radius 1 is 1.33 bits per heavy atom. The van der Waals surface area contributed by atoms with Crippen LogP contribution in [0, 0.1) is 11.3 Å². The van der Waals surface area contributed by atoms with Crippen LogP contribution in [-0.4, -0.2) is 35.0 Å². The zero-order chi connectivity index (χ0) is 19.6. The van der Waals surface area contributed by atoms with Crippen molar-refractivity contribution < 1.29 is 9.59 Å². The van der Waals surface area contributed by atoms with E-state index in [4.69, 9.17) is 0 Å². The molecule has 5 nitrogen and oxygen atoms in total. The summed E-state index contributed by atoms with van der Waals surface area (Å²) in [4.78, 5) is 28.3. The molecule has 3 aliphatic heterocycles. The van der Waals surface area contributed by atoms with Crippen LogP contribution in [0.4, 0.5) is 5.69 Å². The molecule has 2 saturated heterocycles. The summed E-state index contributed by atoms with van der Waals surface area (Å²) in [6.07, 6.45) is 3.18. The summed E-state index contributed by atoms with van der Waals surface area (Å²) < 4.78 is 0. The van der Waals surface area contributed by atoms with Gasteiger partial charge in [-0.1, -0.05) is 58.4 Å². The molecule has 144 valence electrons. The highest BCUT2D eigenvalue weighted by Gasteiger charge is 2.67. The van der Waals surface area contributed by atoms with Crippen molar-refractivity contribution in [3.63, 3.8) is 0 Å². The standard InChI is InChI=1S/C22H29N3O2/c1-6-13(3)17-19(27)25-16(18(26)24-17)12-22(21(4,5)7-2)14-10-8-9-11-15(14)23-20(22)25/h7-11,13,16-17,20,23H,2,6,12H2,1,3-5H3,(H,24,26). The van der Waals surface area contributed by atoms with Gasteiger partial charge in [-0.25, -0.2) is 0 Å². The normalized spacial score (nSPS) is 32.9. The molecule has 1 aromatic rings. The maximum Gasteiger partial charge on any atom is 0.247 e. The predicted octanol–water partition coefficient (Wildman–Crippen LogP) is 3.03. The molecule has 2 amide bonds. The van der Waals surface area contributed by atoms with Crippen LogP contribution in [0.1, 0.15) is 46.1 Å². The van der Waals surface area contributed by atoms with E-state index in [1.165, 1.54) is 5.56 Å². The molecule has 27 heavy (non-hydrogen) atoms. The topological polar surface area (TPSA) is 61.4 Å². The predicted molar refractivity (Wildman–Crippen MR) is 106 cm³/mol. The molecule has 0 bridgehead atoms. The molecule has 0 saturated carbocycles. The van der Waals surface area contributed by atoms with Crippen molar-refractivity contribution >= 4 is 17.5 Å². The van der Waals surface area contributed by atoms with Gasteiger partial charge in [-0.15, -0.1) is 6.58 Å². The zero-order valence-electron chi connectivity index (χ0n) is 16.6. The molecule has 0 radical (unpaired) electrons. The van der Waals surface area contributed by atoms with Crippen molar-refractivity contribution in [1.82, 2.24) is 10.2 Å².